The minimum absolute atomic E-state index is 0.419. The van der Waals surface area contributed by atoms with Crippen molar-refractivity contribution in [3.8, 4) is 11.1 Å². The van der Waals surface area contributed by atoms with E-state index in [4.69, 9.17) is 20.9 Å². The van der Waals surface area contributed by atoms with E-state index < -0.39 is 0 Å². The largest absolute Gasteiger partial charge is 0.397 e. The molecule has 0 radical (unpaired) electrons. The normalized spacial score (nSPS) is 15.1. The lowest BCUT2D eigenvalue weighted by Crippen LogP contribution is -2.36. The molecule has 0 spiro atoms. The molecule has 7 nitrogen and oxygen atoms in total. The van der Waals surface area contributed by atoms with Gasteiger partial charge in [0.1, 0.15) is 17.0 Å². The van der Waals surface area contributed by atoms with Crippen molar-refractivity contribution in [2.45, 2.75) is 0 Å². The second-order valence-corrected chi connectivity index (χ2v) is 6.21. The zero-order chi connectivity index (χ0) is 18.6. The molecule has 4 heterocycles. The second-order valence-electron chi connectivity index (χ2n) is 6.21. The first-order valence-electron chi connectivity index (χ1n) is 8.77. The van der Waals surface area contributed by atoms with Gasteiger partial charge in [-0.25, -0.2) is 4.98 Å². The summed E-state index contributed by atoms with van der Waals surface area (Å²) in [5, 5.41) is 8.27. The molecule has 3 aromatic heterocycles. The van der Waals surface area contributed by atoms with E-state index in [1.54, 1.807) is 18.6 Å². The Morgan fingerprint density at radius 2 is 1.93 bits per heavy atom. The standard InChI is InChI=1S/C20H20N6O/c21-5-1-17(22)20-19-15(4-8-24-20)16(14-2-6-23-7-3-14)13-18(25-19)26-9-11-27-12-10-26/h1-8,13,21H,9-12,22H2/b17-1-,21-5?. The van der Waals surface area contributed by atoms with Gasteiger partial charge < -0.3 is 20.8 Å². The minimum Gasteiger partial charge on any atom is -0.397 e. The van der Waals surface area contributed by atoms with Gasteiger partial charge >= 0.3 is 0 Å². The van der Waals surface area contributed by atoms with Gasteiger partial charge in [0.25, 0.3) is 0 Å². The highest BCUT2D eigenvalue weighted by atomic mass is 16.5. The van der Waals surface area contributed by atoms with Crippen molar-refractivity contribution >= 4 is 28.6 Å². The number of pyridine rings is 3. The predicted octanol–water partition coefficient (Wildman–Crippen LogP) is 2.48. The summed E-state index contributed by atoms with van der Waals surface area (Å²) in [7, 11) is 0. The first-order chi connectivity index (χ1) is 13.3. The van der Waals surface area contributed by atoms with E-state index in [0.29, 0.717) is 24.6 Å². The summed E-state index contributed by atoms with van der Waals surface area (Å²) in [6.07, 6.45) is 7.97. The number of nitrogens with two attached hydrogens (primary N) is 1. The molecular weight excluding hydrogens is 340 g/mol. The van der Waals surface area contributed by atoms with Gasteiger partial charge in [-0.2, -0.15) is 0 Å². The number of nitrogens with zero attached hydrogens (tertiary/aromatic N) is 4. The van der Waals surface area contributed by atoms with Crippen LogP contribution in [0, 0.1) is 5.41 Å². The Kier molecular flexibility index (Phi) is 4.76. The average molecular weight is 360 g/mol. The molecule has 1 fully saturated rings. The Bertz CT molecular complexity index is 996. The Labute approximate surface area is 157 Å². The lowest BCUT2D eigenvalue weighted by Gasteiger charge is -2.28. The van der Waals surface area contributed by atoms with Gasteiger partial charge in [-0.05, 0) is 41.5 Å². The van der Waals surface area contributed by atoms with Crippen LogP contribution in [-0.4, -0.2) is 47.5 Å². The van der Waals surface area contributed by atoms with Crippen molar-refractivity contribution in [2.24, 2.45) is 5.73 Å². The third-order valence-electron chi connectivity index (χ3n) is 4.58. The third kappa shape index (κ3) is 3.37. The number of ether oxygens (including phenoxy) is 1. The summed E-state index contributed by atoms with van der Waals surface area (Å²) in [6.45, 7) is 2.94. The molecule has 3 N–H and O–H groups in total. The Balaban J connectivity index is 1.98. The number of anilines is 1. The van der Waals surface area contributed by atoms with Crippen LogP contribution in [-0.2, 0) is 4.74 Å². The summed E-state index contributed by atoms with van der Waals surface area (Å²) in [4.78, 5) is 15.7. The number of allylic oxidation sites excluding steroid dienone is 1. The minimum atomic E-state index is 0.419. The Morgan fingerprint density at radius 3 is 2.67 bits per heavy atom. The zero-order valence-corrected chi connectivity index (χ0v) is 14.8. The highest BCUT2D eigenvalue weighted by Gasteiger charge is 2.18. The molecule has 27 heavy (non-hydrogen) atoms. The zero-order valence-electron chi connectivity index (χ0n) is 14.8. The van der Waals surface area contributed by atoms with Crippen molar-refractivity contribution < 1.29 is 4.74 Å². The molecule has 3 aromatic rings. The van der Waals surface area contributed by atoms with Crippen molar-refractivity contribution in [3.63, 3.8) is 0 Å². The SMILES string of the molecule is N=C/C=C(\N)c1nccc2c(-c3ccncc3)cc(N3CCOCC3)nc12. The summed E-state index contributed by atoms with van der Waals surface area (Å²) in [5.74, 6) is 0.870. The van der Waals surface area contributed by atoms with Gasteiger partial charge in [0.15, 0.2) is 0 Å². The number of aromatic nitrogens is 3. The number of fused-ring (bicyclic) bond motifs is 1. The fourth-order valence-electron chi connectivity index (χ4n) is 3.24. The molecule has 1 aliphatic heterocycles. The van der Waals surface area contributed by atoms with Crippen molar-refractivity contribution in [1.82, 2.24) is 15.0 Å². The molecular formula is C20H20N6O. The number of nitrogens with one attached hydrogen (secondary N) is 1. The third-order valence-corrected chi connectivity index (χ3v) is 4.58. The first-order valence-corrected chi connectivity index (χ1v) is 8.77. The van der Waals surface area contributed by atoms with E-state index in [-0.39, 0.29) is 0 Å². The van der Waals surface area contributed by atoms with E-state index in [1.807, 2.05) is 18.2 Å². The molecule has 4 rings (SSSR count). The predicted molar refractivity (Wildman–Crippen MR) is 107 cm³/mol. The fourth-order valence-corrected chi connectivity index (χ4v) is 3.24. The van der Waals surface area contributed by atoms with Crippen LogP contribution in [0.15, 0.2) is 48.9 Å². The number of hydrogen-bond donors (Lipinski definition) is 2. The van der Waals surface area contributed by atoms with Crippen LogP contribution in [0.5, 0.6) is 0 Å². The van der Waals surface area contributed by atoms with E-state index in [1.165, 1.54) is 6.08 Å². The number of hydrogen-bond acceptors (Lipinski definition) is 7. The summed E-state index contributed by atoms with van der Waals surface area (Å²) in [5.41, 5.74) is 9.99. The van der Waals surface area contributed by atoms with Crippen LogP contribution in [0.1, 0.15) is 5.69 Å². The molecule has 0 amide bonds. The molecule has 7 heteroatoms. The lowest BCUT2D eigenvalue weighted by atomic mass is 10.0. The lowest BCUT2D eigenvalue weighted by molar-refractivity contribution is 0.122. The number of rotatable bonds is 4. The van der Waals surface area contributed by atoms with E-state index in [0.717, 1.165) is 47.2 Å². The summed E-state index contributed by atoms with van der Waals surface area (Å²) in [6, 6.07) is 8.01. The van der Waals surface area contributed by atoms with Gasteiger partial charge in [0.05, 0.1) is 18.9 Å². The molecule has 0 aromatic carbocycles. The molecule has 0 unspecified atom stereocenters. The maximum atomic E-state index is 7.31. The van der Waals surface area contributed by atoms with Crippen molar-refractivity contribution in [2.75, 3.05) is 31.2 Å². The molecule has 0 bridgehead atoms. The second kappa shape index (κ2) is 7.51. The molecule has 0 aliphatic carbocycles. The first kappa shape index (κ1) is 17.1. The van der Waals surface area contributed by atoms with E-state index in [2.05, 4.69) is 20.9 Å². The highest BCUT2D eigenvalue weighted by molar-refractivity contribution is 6.01. The van der Waals surface area contributed by atoms with Gasteiger partial charge in [-0.15, -0.1) is 0 Å². The Morgan fingerprint density at radius 1 is 1.15 bits per heavy atom. The smallest absolute Gasteiger partial charge is 0.130 e. The van der Waals surface area contributed by atoms with Gasteiger partial charge in [0.2, 0.25) is 0 Å². The monoisotopic (exact) mass is 360 g/mol. The molecule has 1 aliphatic rings. The van der Waals surface area contributed by atoms with Crippen molar-refractivity contribution in [1.29, 1.82) is 5.41 Å². The van der Waals surface area contributed by atoms with E-state index >= 15 is 0 Å². The van der Waals surface area contributed by atoms with Crippen LogP contribution in [0.2, 0.25) is 0 Å². The van der Waals surface area contributed by atoms with Crippen LogP contribution in [0.25, 0.3) is 27.7 Å². The fraction of sp³-hybridized carbons (Fsp3) is 0.200. The molecule has 1 saturated heterocycles. The van der Waals surface area contributed by atoms with Crippen molar-refractivity contribution in [3.05, 3.63) is 54.6 Å². The maximum Gasteiger partial charge on any atom is 0.130 e. The van der Waals surface area contributed by atoms with Gasteiger partial charge in [-0.1, -0.05) is 0 Å². The van der Waals surface area contributed by atoms with Crippen LogP contribution in [0.3, 0.4) is 0 Å². The summed E-state index contributed by atoms with van der Waals surface area (Å²) >= 11 is 0. The maximum absolute atomic E-state index is 7.31. The number of morpholine rings is 1. The average Bonchev–Trinajstić information content (AvgIpc) is 2.74. The summed E-state index contributed by atoms with van der Waals surface area (Å²) < 4.78 is 5.47. The topological polar surface area (TPSA) is 101 Å². The quantitative estimate of drug-likeness (QED) is 0.693. The van der Waals surface area contributed by atoms with Crippen LogP contribution >= 0.6 is 0 Å². The van der Waals surface area contributed by atoms with Crippen LogP contribution < -0.4 is 10.6 Å². The van der Waals surface area contributed by atoms with Gasteiger partial charge in [-0.3, -0.25) is 9.97 Å². The van der Waals surface area contributed by atoms with Crippen LogP contribution in [0.4, 0.5) is 5.82 Å². The molecule has 136 valence electrons. The van der Waals surface area contributed by atoms with E-state index in [9.17, 15) is 0 Å². The molecule has 0 saturated carbocycles. The Hall–Kier alpha value is -3.32. The highest BCUT2D eigenvalue weighted by Crippen LogP contribution is 2.33. The van der Waals surface area contributed by atoms with Gasteiger partial charge in [0, 0.05) is 43.3 Å². The molecule has 0 atom stereocenters.